The van der Waals surface area contributed by atoms with Gasteiger partial charge in [0.1, 0.15) is 0 Å². The third-order valence-corrected chi connectivity index (χ3v) is 5.32. The average Bonchev–Trinajstić information content (AvgIpc) is 2.79. The second-order valence-electron chi connectivity index (χ2n) is 7.09. The molecule has 1 aliphatic carbocycles. The van der Waals surface area contributed by atoms with Crippen LogP contribution in [0.3, 0.4) is 0 Å². The molecular weight excluding hydrogens is 341 g/mol. The highest BCUT2D eigenvalue weighted by Gasteiger charge is 2.35. The summed E-state index contributed by atoms with van der Waals surface area (Å²) in [6.45, 7) is 2.90. The number of hydrogen-bond acceptors (Lipinski definition) is 1. The average molecular weight is 366 g/mol. The van der Waals surface area contributed by atoms with Crippen molar-refractivity contribution < 1.29 is 18.0 Å². The van der Waals surface area contributed by atoms with Crippen LogP contribution in [0.15, 0.2) is 24.4 Å². The van der Waals surface area contributed by atoms with E-state index in [0.717, 1.165) is 31.7 Å². The molecule has 0 atom stereocenters. The molecule has 1 fully saturated rings. The van der Waals surface area contributed by atoms with Gasteiger partial charge >= 0.3 is 6.18 Å². The minimum absolute atomic E-state index is 0.000200. The number of carbonyl (C=O) groups is 1. The molecule has 26 heavy (non-hydrogen) atoms. The zero-order valence-corrected chi connectivity index (χ0v) is 15.0. The van der Waals surface area contributed by atoms with Gasteiger partial charge < -0.3 is 9.88 Å². The second-order valence-corrected chi connectivity index (χ2v) is 7.09. The van der Waals surface area contributed by atoms with Gasteiger partial charge in [0.25, 0.3) is 5.91 Å². The van der Waals surface area contributed by atoms with Crippen molar-refractivity contribution in [1.82, 2.24) is 9.88 Å². The topological polar surface area (TPSA) is 34.0 Å². The van der Waals surface area contributed by atoms with Gasteiger partial charge in [0.05, 0.1) is 11.1 Å². The Kier molecular flexibility index (Phi) is 5.58. The Hall–Kier alpha value is -1.98. The Morgan fingerprint density at radius 3 is 2.50 bits per heavy atom. The smallest absolute Gasteiger partial charge is 0.352 e. The molecule has 1 N–H and O–H groups in total. The van der Waals surface area contributed by atoms with Gasteiger partial charge in [0.2, 0.25) is 0 Å². The normalized spacial score (nSPS) is 16.6. The molecule has 1 aliphatic rings. The fraction of sp³-hybridized carbons (Fsp3) is 0.550. The van der Waals surface area contributed by atoms with E-state index in [1.54, 1.807) is 16.8 Å². The van der Waals surface area contributed by atoms with Crippen LogP contribution in [0.4, 0.5) is 13.2 Å². The van der Waals surface area contributed by atoms with Gasteiger partial charge in [0.15, 0.2) is 0 Å². The third kappa shape index (κ3) is 3.89. The Morgan fingerprint density at radius 2 is 1.88 bits per heavy atom. The molecule has 0 aliphatic heterocycles. The maximum absolute atomic E-state index is 13.5. The van der Waals surface area contributed by atoms with Crippen LogP contribution in [0.1, 0.15) is 61.4 Å². The molecule has 142 valence electrons. The van der Waals surface area contributed by atoms with E-state index in [2.05, 4.69) is 5.32 Å². The number of rotatable bonds is 4. The van der Waals surface area contributed by atoms with Crippen LogP contribution in [-0.4, -0.2) is 17.0 Å². The largest absolute Gasteiger partial charge is 0.417 e. The Morgan fingerprint density at radius 1 is 1.19 bits per heavy atom. The molecule has 1 amide bonds. The number of amides is 1. The van der Waals surface area contributed by atoms with Crippen LogP contribution in [-0.2, 0) is 12.7 Å². The zero-order valence-electron chi connectivity index (χ0n) is 15.0. The lowest BCUT2D eigenvalue weighted by Gasteiger charge is -2.15. The lowest BCUT2D eigenvalue weighted by molar-refractivity contribution is -0.136. The lowest BCUT2D eigenvalue weighted by atomic mass is 10.00. The van der Waals surface area contributed by atoms with Crippen molar-refractivity contribution in [2.24, 2.45) is 5.92 Å². The van der Waals surface area contributed by atoms with Gasteiger partial charge in [-0.2, -0.15) is 13.2 Å². The summed E-state index contributed by atoms with van der Waals surface area (Å²) in [6.07, 6.45) is 3.97. The molecule has 3 rings (SSSR count). The fourth-order valence-corrected chi connectivity index (χ4v) is 3.92. The van der Waals surface area contributed by atoms with Crippen LogP contribution in [0.2, 0.25) is 0 Å². The van der Waals surface area contributed by atoms with Gasteiger partial charge in [-0.1, -0.05) is 31.7 Å². The fourth-order valence-electron chi connectivity index (χ4n) is 3.92. The van der Waals surface area contributed by atoms with E-state index in [1.165, 1.54) is 18.9 Å². The molecule has 3 nitrogen and oxygen atoms in total. The highest BCUT2D eigenvalue weighted by Crippen LogP contribution is 2.37. The predicted octanol–water partition coefficient (Wildman–Crippen LogP) is 5.38. The summed E-state index contributed by atoms with van der Waals surface area (Å²) in [7, 11) is 0. The molecule has 1 heterocycles. The first-order valence-corrected chi connectivity index (χ1v) is 9.39. The highest BCUT2D eigenvalue weighted by molar-refractivity contribution is 6.08. The third-order valence-electron chi connectivity index (χ3n) is 5.32. The van der Waals surface area contributed by atoms with Gasteiger partial charge in [-0.3, -0.25) is 4.79 Å². The number of alkyl halides is 3. The van der Waals surface area contributed by atoms with Crippen LogP contribution in [0.25, 0.3) is 10.9 Å². The van der Waals surface area contributed by atoms with E-state index in [-0.39, 0.29) is 10.9 Å². The van der Waals surface area contributed by atoms with E-state index in [9.17, 15) is 18.0 Å². The summed E-state index contributed by atoms with van der Waals surface area (Å²) in [5.74, 6) is 0.00575. The van der Waals surface area contributed by atoms with E-state index >= 15 is 0 Å². The standard InChI is InChI=1S/C20H25F3N2O/c1-2-25-13-15(18-16(20(21,22)23)10-7-11-17(18)25)19(26)24-12-14-8-5-3-4-6-9-14/h7,10-11,13-14H,2-6,8-9,12H2,1H3,(H,24,26). The summed E-state index contributed by atoms with van der Waals surface area (Å²) in [4.78, 5) is 12.7. The van der Waals surface area contributed by atoms with Crippen molar-refractivity contribution >= 4 is 16.8 Å². The van der Waals surface area contributed by atoms with Crippen LogP contribution >= 0.6 is 0 Å². The molecule has 0 saturated heterocycles. The SMILES string of the molecule is CCn1cc(C(=O)NCC2CCCCCC2)c2c(C(F)(F)F)cccc21. The number of fused-ring (bicyclic) bond motifs is 1. The maximum Gasteiger partial charge on any atom is 0.417 e. The van der Waals surface area contributed by atoms with Gasteiger partial charge in [0, 0.05) is 30.2 Å². The van der Waals surface area contributed by atoms with E-state index in [4.69, 9.17) is 0 Å². The first kappa shape index (κ1) is 18.8. The molecule has 6 heteroatoms. The Balaban J connectivity index is 1.89. The van der Waals surface area contributed by atoms with Gasteiger partial charge in [-0.25, -0.2) is 0 Å². The molecular formula is C20H25F3N2O. The van der Waals surface area contributed by atoms with Gasteiger partial charge in [-0.15, -0.1) is 0 Å². The number of hydrogen-bond donors (Lipinski definition) is 1. The molecule has 0 bridgehead atoms. The predicted molar refractivity (Wildman–Crippen MR) is 96.1 cm³/mol. The minimum Gasteiger partial charge on any atom is -0.352 e. The number of carbonyl (C=O) groups excluding carboxylic acids is 1. The van der Waals surface area contributed by atoms with Crippen LogP contribution in [0, 0.1) is 5.92 Å². The molecule has 1 aromatic heterocycles. The summed E-state index contributed by atoms with van der Waals surface area (Å²) >= 11 is 0. The molecule has 0 spiro atoms. The first-order chi connectivity index (χ1) is 12.4. The lowest BCUT2D eigenvalue weighted by Crippen LogP contribution is -2.29. The number of nitrogens with one attached hydrogen (secondary N) is 1. The van der Waals surface area contributed by atoms with E-state index in [0.29, 0.717) is 24.5 Å². The van der Waals surface area contributed by atoms with Crippen molar-refractivity contribution in [2.45, 2.75) is 58.2 Å². The van der Waals surface area contributed by atoms with Crippen molar-refractivity contribution in [1.29, 1.82) is 0 Å². The summed E-state index contributed by atoms with van der Waals surface area (Å²) in [5, 5.41) is 2.89. The number of aryl methyl sites for hydroxylation is 1. The zero-order chi connectivity index (χ0) is 18.7. The highest BCUT2D eigenvalue weighted by atomic mass is 19.4. The van der Waals surface area contributed by atoms with Crippen LogP contribution < -0.4 is 5.32 Å². The van der Waals surface area contributed by atoms with E-state index in [1.807, 2.05) is 6.92 Å². The number of halogens is 3. The minimum atomic E-state index is -4.49. The number of nitrogens with zero attached hydrogens (tertiary/aromatic N) is 1. The van der Waals surface area contributed by atoms with Crippen LogP contribution in [0.5, 0.6) is 0 Å². The summed E-state index contributed by atoms with van der Waals surface area (Å²) < 4.78 is 42.1. The van der Waals surface area contributed by atoms with Crippen molar-refractivity contribution in [3.05, 3.63) is 35.5 Å². The van der Waals surface area contributed by atoms with E-state index < -0.39 is 17.6 Å². The first-order valence-electron chi connectivity index (χ1n) is 9.39. The number of aromatic nitrogens is 1. The Bertz CT molecular complexity index is 771. The van der Waals surface area contributed by atoms with Gasteiger partial charge in [-0.05, 0) is 37.8 Å². The molecule has 0 radical (unpaired) electrons. The quantitative estimate of drug-likeness (QED) is 0.724. The number of benzene rings is 1. The maximum atomic E-state index is 13.5. The van der Waals surface area contributed by atoms with Crippen molar-refractivity contribution in [3.8, 4) is 0 Å². The molecule has 2 aromatic rings. The van der Waals surface area contributed by atoms with Crippen molar-refractivity contribution in [3.63, 3.8) is 0 Å². The summed E-state index contributed by atoms with van der Waals surface area (Å²) in [6, 6.07) is 4.07. The second kappa shape index (κ2) is 7.72. The molecule has 1 aromatic carbocycles. The van der Waals surface area contributed by atoms with Crippen molar-refractivity contribution in [2.75, 3.05) is 6.54 Å². The Labute approximate surface area is 151 Å². The molecule has 1 saturated carbocycles. The summed E-state index contributed by atoms with van der Waals surface area (Å²) in [5.41, 5.74) is -0.188. The monoisotopic (exact) mass is 366 g/mol. The molecule has 0 unspecified atom stereocenters.